The van der Waals surface area contributed by atoms with Gasteiger partial charge in [-0.1, -0.05) is 17.7 Å². The lowest BCUT2D eigenvalue weighted by molar-refractivity contribution is 0.0996. The number of carbonyl (C=O) groups is 1. The summed E-state index contributed by atoms with van der Waals surface area (Å²) < 4.78 is 1.83. The first-order valence-corrected chi connectivity index (χ1v) is 8.64. The molecule has 0 aliphatic heterocycles. The van der Waals surface area contributed by atoms with Crippen LogP contribution in [0.15, 0.2) is 23.6 Å². The van der Waals surface area contributed by atoms with Crippen molar-refractivity contribution >= 4 is 28.8 Å². The Morgan fingerprint density at radius 3 is 2.80 bits per heavy atom. The minimum Gasteiger partial charge on any atom is -0.364 e. The molecular weight excluding hydrogens is 358 g/mol. The van der Waals surface area contributed by atoms with E-state index in [4.69, 9.17) is 22.6 Å². The van der Waals surface area contributed by atoms with E-state index < -0.39 is 5.91 Å². The summed E-state index contributed by atoms with van der Waals surface area (Å²) in [5, 5.41) is 16.4. The Labute approximate surface area is 153 Å². The second-order valence-corrected chi connectivity index (χ2v) is 6.85. The topological polar surface area (TPSA) is 97.6 Å². The molecule has 0 spiro atoms. The second-order valence-electron chi connectivity index (χ2n) is 5.50. The van der Waals surface area contributed by atoms with E-state index in [2.05, 4.69) is 16.2 Å². The first-order valence-electron chi connectivity index (χ1n) is 7.39. The van der Waals surface area contributed by atoms with Gasteiger partial charge in [0, 0.05) is 16.6 Å². The van der Waals surface area contributed by atoms with Crippen LogP contribution in [0.1, 0.15) is 32.4 Å². The molecule has 2 N–H and O–H groups in total. The maximum absolute atomic E-state index is 11.2. The van der Waals surface area contributed by atoms with Crippen LogP contribution < -0.4 is 5.73 Å². The van der Waals surface area contributed by atoms with Crippen LogP contribution in [0.4, 0.5) is 0 Å². The summed E-state index contributed by atoms with van der Waals surface area (Å²) >= 11 is 7.52. The lowest BCUT2D eigenvalue weighted by Crippen LogP contribution is -2.12. The molecule has 25 heavy (non-hydrogen) atoms. The van der Waals surface area contributed by atoms with Gasteiger partial charge < -0.3 is 5.73 Å². The number of nitrogens with zero attached hydrogens (tertiary/aromatic N) is 4. The zero-order chi connectivity index (χ0) is 18.1. The first-order chi connectivity index (χ1) is 11.9. The highest BCUT2D eigenvalue weighted by Crippen LogP contribution is 2.30. The van der Waals surface area contributed by atoms with Crippen LogP contribution in [0.5, 0.6) is 0 Å². The van der Waals surface area contributed by atoms with Crippen LogP contribution in [0.3, 0.4) is 0 Å². The van der Waals surface area contributed by atoms with Crippen molar-refractivity contribution in [2.75, 3.05) is 0 Å². The molecule has 0 fully saturated rings. The Morgan fingerprint density at radius 1 is 1.44 bits per heavy atom. The molecular formula is C17H14ClN5OS. The Kier molecular flexibility index (Phi) is 4.57. The number of nitriles is 1. The zero-order valence-electron chi connectivity index (χ0n) is 13.6. The maximum atomic E-state index is 11.2. The SMILES string of the molecule is Cc1nn(Cc2nc(C(N)=O)cs2)c(C)c1-c1ccc(C#N)c(Cl)c1. The van der Waals surface area contributed by atoms with Gasteiger partial charge in [-0.3, -0.25) is 9.48 Å². The molecule has 2 heterocycles. The smallest absolute Gasteiger partial charge is 0.268 e. The van der Waals surface area contributed by atoms with Crippen LogP contribution >= 0.6 is 22.9 Å². The predicted octanol–water partition coefficient (Wildman–Crippen LogP) is 3.30. The van der Waals surface area contributed by atoms with Crippen LogP contribution in [-0.4, -0.2) is 20.7 Å². The third-order valence-corrected chi connectivity index (χ3v) is 5.00. The largest absolute Gasteiger partial charge is 0.364 e. The number of halogens is 1. The third-order valence-electron chi connectivity index (χ3n) is 3.85. The van der Waals surface area contributed by atoms with E-state index in [1.807, 2.05) is 24.6 Å². The minimum atomic E-state index is -0.538. The molecule has 0 aliphatic carbocycles. The highest BCUT2D eigenvalue weighted by Gasteiger charge is 2.16. The average molecular weight is 372 g/mol. The number of nitrogens with two attached hydrogens (primary N) is 1. The number of primary amides is 1. The lowest BCUT2D eigenvalue weighted by Gasteiger charge is -2.05. The number of amides is 1. The molecule has 0 radical (unpaired) electrons. The third kappa shape index (κ3) is 3.27. The fourth-order valence-corrected chi connectivity index (χ4v) is 3.64. The maximum Gasteiger partial charge on any atom is 0.268 e. The summed E-state index contributed by atoms with van der Waals surface area (Å²) in [5.74, 6) is -0.538. The number of aromatic nitrogens is 3. The van der Waals surface area contributed by atoms with Gasteiger partial charge in [0.25, 0.3) is 5.91 Å². The van der Waals surface area contributed by atoms with Crippen LogP contribution in [0.2, 0.25) is 5.02 Å². The number of aryl methyl sites for hydroxylation is 1. The number of rotatable bonds is 4. The summed E-state index contributed by atoms with van der Waals surface area (Å²) in [5.41, 5.74) is 9.62. The van der Waals surface area contributed by atoms with E-state index in [0.717, 1.165) is 27.5 Å². The van der Waals surface area contributed by atoms with Gasteiger partial charge in [0.2, 0.25) is 0 Å². The van der Waals surface area contributed by atoms with Crippen LogP contribution in [-0.2, 0) is 6.54 Å². The monoisotopic (exact) mass is 371 g/mol. The van der Waals surface area contributed by atoms with Crippen molar-refractivity contribution < 1.29 is 4.79 Å². The van der Waals surface area contributed by atoms with Crippen LogP contribution in [0.25, 0.3) is 11.1 Å². The van der Waals surface area contributed by atoms with Crippen molar-refractivity contribution in [2.24, 2.45) is 5.73 Å². The summed E-state index contributed by atoms with van der Waals surface area (Å²) in [4.78, 5) is 15.4. The van der Waals surface area contributed by atoms with Gasteiger partial charge in [0.1, 0.15) is 16.8 Å². The van der Waals surface area contributed by atoms with Gasteiger partial charge in [-0.05, 0) is 31.5 Å². The average Bonchev–Trinajstić information content (AvgIpc) is 3.13. The van der Waals surface area contributed by atoms with Crippen molar-refractivity contribution in [1.29, 1.82) is 5.26 Å². The van der Waals surface area contributed by atoms with Gasteiger partial charge >= 0.3 is 0 Å². The van der Waals surface area contributed by atoms with Crippen molar-refractivity contribution in [3.8, 4) is 17.2 Å². The Balaban J connectivity index is 1.97. The van der Waals surface area contributed by atoms with Crippen molar-refractivity contribution in [3.05, 3.63) is 56.3 Å². The van der Waals surface area contributed by atoms with Gasteiger partial charge in [-0.2, -0.15) is 10.4 Å². The molecule has 3 rings (SSSR count). The lowest BCUT2D eigenvalue weighted by atomic mass is 10.0. The van der Waals surface area contributed by atoms with Gasteiger partial charge in [-0.25, -0.2) is 4.98 Å². The highest BCUT2D eigenvalue weighted by atomic mass is 35.5. The molecule has 126 valence electrons. The number of hydrogen-bond donors (Lipinski definition) is 1. The van der Waals surface area contributed by atoms with Crippen molar-refractivity contribution in [3.63, 3.8) is 0 Å². The second kappa shape index (κ2) is 6.67. The molecule has 1 amide bonds. The summed E-state index contributed by atoms with van der Waals surface area (Å²) in [6.07, 6.45) is 0. The van der Waals surface area contributed by atoms with Crippen molar-refractivity contribution in [1.82, 2.24) is 14.8 Å². The predicted molar refractivity (Wildman–Crippen MR) is 96.6 cm³/mol. The van der Waals surface area contributed by atoms with E-state index in [0.29, 0.717) is 17.1 Å². The highest BCUT2D eigenvalue weighted by molar-refractivity contribution is 7.09. The number of thiazole rings is 1. The Hall–Kier alpha value is -2.69. The first kappa shape index (κ1) is 17.1. The molecule has 0 saturated heterocycles. The van der Waals surface area contributed by atoms with Crippen LogP contribution in [0, 0.1) is 25.2 Å². The van der Waals surface area contributed by atoms with Gasteiger partial charge in [0.05, 0.1) is 22.8 Å². The zero-order valence-corrected chi connectivity index (χ0v) is 15.1. The minimum absolute atomic E-state index is 0.264. The van der Waals surface area contributed by atoms with E-state index in [1.165, 1.54) is 11.3 Å². The van der Waals surface area contributed by atoms with Crippen molar-refractivity contribution in [2.45, 2.75) is 20.4 Å². The molecule has 0 unspecified atom stereocenters. The standard InChI is InChI=1S/C17H14ClN5OS/c1-9-16(11-3-4-12(6-19)13(18)5-11)10(2)23(22-9)7-15-21-14(8-25-15)17(20)24/h3-5,8H,7H2,1-2H3,(H2,20,24). The van der Waals surface area contributed by atoms with Gasteiger partial charge in [0.15, 0.2) is 0 Å². The number of carbonyl (C=O) groups excluding carboxylic acids is 1. The summed E-state index contributed by atoms with van der Waals surface area (Å²) in [6, 6.07) is 7.39. The van der Waals surface area contributed by atoms with Gasteiger partial charge in [-0.15, -0.1) is 11.3 Å². The quantitative estimate of drug-likeness (QED) is 0.760. The van der Waals surface area contributed by atoms with E-state index >= 15 is 0 Å². The van der Waals surface area contributed by atoms with E-state index in [9.17, 15) is 4.79 Å². The van der Waals surface area contributed by atoms with E-state index in [-0.39, 0.29) is 5.69 Å². The molecule has 0 aliphatic rings. The summed E-state index contributed by atoms with van der Waals surface area (Å²) in [6.45, 7) is 4.33. The Morgan fingerprint density at radius 2 is 2.20 bits per heavy atom. The molecule has 1 aromatic carbocycles. The number of hydrogen-bond acceptors (Lipinski definition) is 5. The fraction of sp³-hybridized carbons (Fsp3) is 0.176. The summed E-state index contributed by atoms with van der Waals surface area (Å²) in [7, 11) is 0. The molecule has 2 aromatic heterocycles. The molecule has 8 heteroatoms. The van der Waals surface area contributed by atoms with E-state index in [1.54, 1.807) is 17.5 Å². The Bertz CT molecular complexity index is 1010. The molecule has 6 nitrogen and oxygen atoms in total. The fourth-order valence-electron chi connectivity index (χ4n) is 2.65. The molecule has 0 atom stereocenters. The molecule has 3 aromatic rings. The molecule has 0 saturated carbocycles. The molecule has 0 bridgehead atoms. The normalized spacial score (nSPS) is 10.6. The number of benzene rings is 1.